The van der Waals surface area contributed by atoms with Crippen molar-refractivity contribution in [2.75, 3.05) is 19.8 Å². The van der Waals surface area contributed by atoms with Gasteiger partial charge >= 0.3 is 5.97 Å². The van der Waals surface area contributed by atoms with Crippen molar-refractivity contribution in [3.05, 3.63) is 0 Å². The second kappa shape index (κ2) is 9.03. The van der Waals surface area contributed by atoms with Gasteiger partial charge in [-0.15, -0.1) is 0 Å². The number of hydrogen-bond donors (Lipinski definition) is 0. The molecule has 0 aliphatic carbocycles. The van der Waals surface area contributed by atoms with Gasteiger partial charge in [0.25, 0.3) is 0 Å². The molecule has 1 unspecified atom stereocenters. The molecule has 0 spiro atoms. The molecule has 4 heteroatoms. The molecule has 0 aromatic rings. The Morgan fingerprint density at radius 3 is 3.00 bits per heavy atom. The molecule has 0 radical (unpaired) electrons. The molecule has 0 N–H and O–H groups in total. The summed E-state index contributed by atoms with van der Waals surface area (Å²) in [5.74, 6) is 4.69. The number of carbonyl (C=O) groups is 1. The lowest BCUT2D eigenvalue weighted by Crippen LogP contribution is -2.22. The first-order valence-electron chi connectivity index (χ1n) is 6.21. The highest BCUT2D eigenvalue weighted by Gasteiger charge is 2.12. The molecule has 1 aliphatic heterocycles. The van der Waals surface area contributed by atoms with Crippen LogP contribution in [-0.4, -0.2) is 32.1 Å². The first kappa shape index (κ1) is 14.0. The minimum atomic E-state index is -0.458. The molecule has 17 heavy (non-hydrogen) atoms. The number of hydrogen-bond acceptors (Lipinski definition) is 4. The van der Waals surface area contributed by atoms with Crippen molar-refractivity contribution in [1.29, 1.82) is 0 Å². The molecule has 0 saturated carbocycles. The van der Waals surface area contributed by atoms with Gasteiger partial charge in [0.2, 0.25) is 0 Å². The van der Waals surface area contributed by atoms with Crippen molar-refractivity contribution in [3.63, 3.8) is 0 Å². The molecule has 0 bridgehead atoms. The predicted octanol–water partition coefficient (Wildman–Crippen LogP) is 1.88. The second-order valence-corrected chi connectivity index (χ2v) is 3.85. The van der Waals surface area contributed by atoms with Crippen LogP contribution in [0.15, 0.2) is 0 Å². The predicted molar refractivity (Wildman–Crippen MR) is 63.2 cm³/mol. The van der Waals surface area contributed by atoms with Gasteiger partial charge in [0.05, 0.1) is 13.2 Å². The van der Waals surface area contributed by atoms with E-state index in [2.05, 4.69) is 11.8 Å². The molecule has 4 nitrogen and oxygen atoms in total. The van der Waals surface area contributed by atoms with Crippen molar-refractivity contribution < 1.29 is 19.0 Å². The molecular weight excluding hydrogens is 220 g/mol. The van der Waals surface area contributed by atoms with E-state index in [9.17, 15) is 4.79 Å². The molecule has 1 atom stereocenters. The molecule has 1 saturated heterocycles. The largest absolute Gasteiger partial charge is 0.456 e. The molecule has 1 heterocycles. The standard InChI is InChI=1S/C13H20O4/c1-2-9-15-12(14)7-3-5-10-16-13-8-4-6-11-17-13/h13H,2,4-6,8-11H2,1H3. The zero-order chi connectivity index (χ0) is 12.3. The lowest BCUT2D eigenvalue weighted by molar-refractivity contribution is -0.161. The van der Waals surface area contributed by atoms with Crippen LogP contribution in [0.5, 0.6) is 0 Å². The van der Waals surface area contributed by atoms with E-state index < -0.39 is 5.97 Å². The summed E-state index contributed by atoms with van der Waals surface area (Å²) in [4.78, 5) is 11.0. The summed E-state index contributed by atoms with van der Waals surface area (Å²) < 4.78 is 15.7. The van der Waals surface area contributed by atoms with E-state index in [0.717, 1.165) is 32.3 Å². The zero-order valence-electron chi connectivity index (χ0n) is 10.4. The molecule has 96 valence electrons. The fourth-order valence-electron chi connectivity index (χ4n) is 1.45. The van der Waals surface area contributed by atoms with E-state index in [1.54, 1.807) is 0 Å². The van der Waals surface area contributed by atoms with Crippen LogP contribution in [0.3, 0.4) is 0 Å². The SMILES string of the molecule is CCCOC(=O)C#CCCOC1CCCCO1. The summed E-state index contributed by atoms with van der Waals surface area (Å²) in [7, 11) is 0. The van der Waals surface area contributed by atoms with Gasteiger partial charge in [-0.05, 0) is 25.7 Å². The van der Waals surface area contributed by atoms with Crippen LogP contribution in [0.25, 0.3) is 0 Å². The van der Waals surface area contributed by atoms with E-state index in [0.29, 0.717) is 19.6 Å². The van der Waals surface area contributed by atoms with Crippen LogP contribution >= 0.6 is 0 Å². The van der Waals surface area contributed by atoms with Gasteiger partial charge in [-0.1, -0.05) is 12.8 Å². The van der Waals surface area contributed by atoms with Gasteiger partial charge < -0.3 is 14.2 Å². The smallest absolute Gasteiger partial charge is 0.384 e. The Hall–Kier alpha value is -1.05. The van der Waals surface area contributed by atoms with Gasteiger partial charge in [-0.2, -0.15) is 0 Å². The van der Waals surface area contributed by atoms with Crippen LogP contribution in [0, 0.1) is 11.8 Å². The fourth-order valence-corrected chi connectivity index (χ4v) is 1.45. The van der Waals surface area contributed by atoms with Crippen LogP contribution in [-0.2, 0) is 19.0 Å². The van der Waals surface area contributed by atoms with E-state index in [4.69, 9.17) is 14.2 Å². The topological polar surface area (TPSA) is 44.8 Å². The van der Waals surface area contributed by atoms with Gasteiger partial charge in [0.15, 0.2) is 6.29 Å². The molecule has 1 fully saturated rings. The zero-order valence-corrected chi connectivity index (χ0v) is 10.4. The summed E-state index contributed by atoms with van der Waals surface area (Å²) >= 11 is 0. The van der Waals surface area contributed by atoms with Crippen LogP contribution in [0.1, 0.15) is 39.0 Å². The van der Waals surface area contributed by atoms with Crippen molar-refractivity contribution in [3.8, 4) is 11.8 Å². The highest BCUT2D eigenvalue weighted by Crippen LogP contribution is 2.13. The summed E-state index contributed by atoms with van der Waals surface area (Å²) in [5.41, 5.74) is 0. The second-order valence-electron chi connectivity index (χ2n) is 3.85. The summed E-state index contributed by atoms with van der Waals surface area (Å²) in [6, 6.07) is 0. The van der Waals surface area contributed by atoms with Crippen LogP contribution < -0.4 is 0 Å². The Morgan fingerprint density at radius 1 is 1.41 bits per heavy atom. The Kier molecular flexibility index (Phi) is 7.44. The van der Waals surface area contributed by atoms with Crippen LogP contribution in [0.4, 0.5) is 0 Å². The number of ether oxygens (including phenoxy) is 3. The maximum atomic E-state index is 11.0. The lowest BCUT2D eigenvalue weighted by atomic mass is 10.2. The highest BCUT2D eigenvalue weighted by atomic mass is 16.7. The monoisotopic (exact) mass is 240 g/mol. The third kappa shape index (κ3) is 6.98. The van der Waals surface area contributed by atoms with E-state index in [1.807, 2.05) is 6.92 Å². The third-order valence-electron chi connectivity index (χ3n) is 2.30. The van der Waals surface area contributed by atoms with Gasteiger partial charge in [-0.25, -0.2) is 4.79 Å². The fraction of sp³-hybridized carbons (Fsp3) is 0.769. The maximum Gasteiger partial charge on any atom is 0.384 e. The lowest BCUT2D eigenvalue weighted by Gasteiger charge is -2.22. The molecule has 0 aromatic carbocycles. The van der Waals surface area contributed by atoms with Crippen molar-refractivity contribution in [1.82, 2.24) is 0 Å². The number of rotatable bonds is 5. The summed E-state index contributed by atoms with van der Waals surface area (Å²) in [6.45, 7) is 3.65. The Balaban J connectivity index is 2.02. The molecule has 0 aromatic heterocycles. The van der Waals surface area contributed by atoms with Crippen molar-refractivity contribution in [2.24, 2.45) is 0 Å². The minimum absolute atomic E-state index is 0.0856. The number of carbonyl (C=O) groups excluding carboxylic acids is 1. The molecular formula is C13H20O4. The normalized spacial score (nSPS) is 19.2. The third-order valence-corrected chi connectivity index (χ3v) is 2.30. The Morgan fingerprint density at radius 2 is 2.29 bits per heavy atom. The van der Waals surface area contributed by atoms with Gasteiger partial charge in [0.1, 0.15) is 0 Å². The average Bonchev–Trinajstić information content (AvgIpc) is 2.37. The van der Waals surface area contributed by atoms with Crippen molar-refractivity contribution >= 4 is 5.97 Å². The molecule has 1 rings (SSSR count). The summed E-state index contributed by atoms with van der Waals surface area (Å²) in [6.07, 6.45) is 4.48. The summed E-state index contributed by atoms with van der Waals surface area (Å²) in [5, 5.41) is 0. The maximum absolute atomic E-state index is 11.0. The average molecular weight is 240 g/mol. The highest BCUT2D eigenvalue weighted by molar-refractivity contribution is 5.88. The van der Waals surface area contributed by atoms with E-state index in [-0.39, 0.29) is 6.29 Å². The molecule has 1 aliphatic rings. The van der Waals surface area contributed by atoms with Crippen molar-refractivity contribution in [2.45, 2.75) is 45.3 Å². The van der Waals surface area contributed by atoms with E-state index in [1.165, 1.54) is 0 Å². The van der Waals surface area contributed by atoms with Gasteiger partial charge in [-0.3, -0.25) is 0 Å². The quantitative estimate of drug-likeness (QED) is 0.318. The Labute approximate surface area is 103 Å². The molecule has 0 amide bonds. The minimum Gasteiger partial charge on any atom is -0.456 e. The van der Waals surface area contributed by atoms with Gasteiger partial charge in [0, 0.05) is 18.9 Å². The van der Waals surface area contributed by atoms with E-state index >= 15 is 0 Å². The first-order chi connectivity index (χ1) is 8.33. The number of esters is 1. The Bertz CT molecular complexity index is 271. The first-order valence-corrected chi connectivity index (χ1v) is 6.21. The van der Waals surface area contributed by atoms with Crippen LogP contribution in [0.2, 0.25) is 0 Å².